The first kappa shape index (κ1) is 14.3. The summed E-state index contributed by atoms with van der Waals surface area (Å²) in [6, 6.07) is 8.53. The topological polar surface area (TPSA) is 71.3 Å². The Bertz CT molecular complexity index is 664. The van der Waals surface area contributed by atoms with Crippen molar-refractivity contribution in [2.45, 2.75) is 13.8 Å². The van der Waals surface area contributed by atoms with Gasteiger partial charge in [0.25, 0.3) is 5.91 Å². The van der Waals surface area contributed by atoms with Crippen molar-refractivity contribution >= 4 is 39.3 Å². The van der Waals surface area contributed by atoms with Crippen LogP contribution in [0.2, 0.25) is 0 Å². The van der Waals surface area contributed by atoms with Gasteiger partial charge in [-0.15, -0.1) is 0 Å². The van der Waals surface area contributed by atoms with Crippen LogP contribution in [0.3, 0.4) is 0 Å². The number of hydrogen-bond acceptors (Lipinski definition) is 3. The number of aryl methyl sites for hydroxylation is 1. The van der Waals surface area contributed by atoms with Gasteiger partial charge in [0, 0.05) is 23.2 Å². The van der Waals surface area contributed by atoms with E-state index in [0.29, 0.717) is 5.69 Å². The standard InChI is InChI=1S/C14H13BrN2O3/c1-8-7-10(3-4-11(8)15)17-14(19)12-5-6-13(20-12)16-9(2)18/h3-7H,1-2H3,(H,16,18)(H,17,19). The largest absolute Gasteiger partial charge is 0.435 e. The zero-order valence-corrected chi connectivity index (χ0v) is 12.6. The second kappa shape index (κ2) is 5.92. The van der Waals surface area contributed by atoms with Gasteiger partial charge in [0.05, 0.1) is 0 Å². The van der Waals surface area contributed by atoms with E-state index in [-0.39, 0.29) is 23.5 Å². The fraction of sp³-hybridized carbons (Fsp3) is 0.143. The van der Waals surface area contributed by atoms with Gasteiger partial charge in [0.2, 0.25) is 5.91 Å². The Kier molecular flexibility index (Phi) is 4.24. The maximum Gasteiger partial charge on any atom is 0.291 e. The number of rotatable bonds is 3. The average molecular weight is 337 g/mol. The predicted octanol–water partition coefficient (Wildman–Crippen LogP) is 3.56. The molecule has 1 aromatic carbocycles. The van der Waals surface area contributed by atoms with Crippen LogP contribution in [-0.2, 0) is 4.79 Å². The van der Waals surface area contributed by atoms with Gasteiger partial charge < -0.3 is 9.73 Å². The summed E-state index contributed by atoms with van der Waals surface area (Å²) >= 11 is 3.40. The van der Waals surface area contributed by atoms with Crippen LogP contribution in [0.1, 0.15) is 23.0 Å². The number of furan rings is 1. The molecule has 104 valence electrons. The molecule has 6 heteroatoms. The Labute approximate surface area is 124 Å². The van der Waals surface area contributed by atoms with Crippen molar-refractivity contribution in [2.75, 3.05) is 10.6 Å². The van der Waals surface area contributed by atoms with E-state index in [1.165, 1.54) is 19.1 Å². The van der Waals surface area contributed by atoms with Gasteiger partial charge in [-0.3, -0.25) is 14.9 Å². The minimum absolute atomic E-state index is 0.134. The number of carbonyl (C=O) groups excluding carboxylic acids is 2. The summed E-state index contributed by atoms with van der Waals surface area (Å²) in [7, 11) is 0. The number of benzene rings is 1. The smallest absolute Gasteiger partial charge is 0.291 e. The van der Waals surface area contributed by atoms with Crippen LogP contribution in [0.4, 0.5) is 11.6 Å². The molecule has 0 radical (unpaired) electrons. The Morgan fingerprint density at radius 1 is 1.15 bits per heavy atom. The molecule has 0 spiro atoms. The molecular weight excluding hydrogens is 324 g/mol. The minimum atomic E-state index is -0.372. The molecule has 0 bridgehead atoms. The van der Waals surface area contributed by atoms with E-state index in [4.69, 9.17) is 4.42 Å². The first-order valence-corrected chi connectivity index (χ1v) is 6.70. The molecule has 0 aliphatic carbocycles. The first-order chi connectivity index (χ1) is 9.45. The molecule has 2 rings (SSSR count). The third-order valence-corrected chi connectivity index (χ3v) is 3.43. The molecule has 0 saturated heterocycles. The third-order valence-electron chi connectivity index (χ3n) is 2.54. The molecule has 0 aliphatic heterocycles. The summed E-state index contributed by atoms with van der Waals surface area (Å²) in [5, 5.41) is 5.20. The van der Waals surface area contributed by atoms with Gasteiger partial charge in [0.1, 0.15) is 0 Å². The average Bonchev–Trinajstić information content (AvgIpc) is 2.81. The molecule has 1 heterocycles. The summed E-state index contributed by atoms with van der Waals surface area (Å²) in [6.45, 7) is 3.30. The lowest BCUT2D eigenvalue weighted by Gasteiger charge is -2.05. The maximum absolute atomic E-state index is 12.0. The summed E-state index contributed by atoms with van der Waals surface area (Å²) in [6.07, 6.45) is 0. The number of nitrogens with one attached hydrogen (secondary N) is 2. The van der Waals surface area contributed by atoms with Crippen molar-refractivity contribution in [1.29, 1.82) is 0 Å². The highest BCUT2D eigenvalue weighted by Crippen LogP contribution is 2.21. The third kappa shape index (κ3) is 3.48. The van der Waals surface area contributed by atoms with Crippen LogP contribution in [-0.4, -0.2) is 11.8 Å². The highest BCUT2D eigenvalue weighted by molar-refractivity contribution is 9.10. The lowest BCUT2D eigenvalue weighted by molar-refractivity contribution is -0.114. The van der Waals surface area contributed by atoms with Crippen molar-refractivity contribution in [3.63, 3.8) is 0 Å². The van der Waals surface area contributed by atoms with Gasteiger partial charge in [0.15, 0.2) is 11.6 Å². The molecule has 2 amide bonds. The SMILES string of the molecule is CC(=O)Nc1ccc(C(=O)Nc2ccc(Br)c(C)c2)o1. The number of carbonyl (C=O) groups is 2. The molecule has 2 N–H and O–H groups in total. The molecule has 2 aromatic rings. The normalized spacial score (nSPS) is 10.2. The summed E-state index contributed by atoms with van der Waals surface area (Å²) in [5.74, 6) is -0.248. The fourth-order valence-electron chi connectivity index (χ4n) is 1.62. The molecule has 0 fully saturated rings. The number of amides is 2. The zero-order valence-electron chi connectivity index (χ0n) is 11.0. The van der Waals surface area contributed by atoms with E-state index in [9.17, 15) is 9.59 Å². The van der Waals surface area contributed by atoms with Crippen LogP contribution < -0.4 is 10.6 Å². The molecule has 0 saturated carbocycles. The fourth-order valence-corrected chi connectivity index (χ4v) is 1.86. The van der Waals surface area contributed by atoms with E-state index in [1.807, 2.05) is 19.1 Å². The van der Waals surface area contributed by atoms with E-state index < -0.39 is 0 Å². The highest BCUT2D eigenvalue weighted by Gasteiger charge is 2.12. The van der Waals surface area contributed by atoms with Crippen LogP contribution in [0.5, 0.6) is 0 Å². The molecule has 0 aliphatic rings. The van der Waals surface area contributed by atoms with Gasteiger partial charge in [-0.1, -0.05) is 15.9 Å². The van der Waals surface area contributed by atoms with E-state index in [0.717, 1.165) is 10.0 Å². The predicted molar refractivity (Wildman–Crippen MR) is 79.8 cm³/mol. The van der Waals surface area contributed by atoms with Gasteiger partial charge in [-0.25, -0.2) is 0 Å². The van der Waals surface area contributed by atoms with E-state index in [2.05, 4.69) is 26.6 Å². The summed E-state index contributed by atoms with van der Waals surface area (Å²) in [5.41, 5.74) is 1.69. The van der Waals surface area contributed by atoms with Gasteiger partial charge in [-0.2, -0.15) is 0 Å². The Morgan fingerprint density at radius 3 is 2.55 bits per heavy atom. The second-order valence-corrected chi connectivity index (χ2v) is 5.12. The number of anilines is 2. The van der Waals surface area contributed by atoms with Crippen LogP contribution >= 0.6 is 15.9 Å². The highest BCUT2D eigenvalue weighted by atomic mass is 79.9. The summed E-state index contributed by atoms with van der Waals surface area (Å²) < 4.78 is 6.20. The molecule has 0 atom stereocenters. The van der Waals surface area contributed by atoms with Crippen molar-refractivity contribution in [3.8, 4) is 0 Å². The Hall–Kier alpha value is -2.08. The zero-order chi connectivity index (χ0) is 14.7. The van der Waals surface area contributed by atoms with E-state index >= 15 is 0 Å². The van der Waals surface area contributed by atoms with Crippen LogP contribution in [0, 0.1) is 6.92 Å². The molecule has 5 nitrogen and oxygen atoms in total. The lowest BCUT2D eigenvalue weighted by Crippen LogP contribution is -2.11. The lowest BCUT2D eigenvalue weighted by atomic mass is 10.2. The van der Waals surface area contributed by atoms with Crippen LogP contribution in [0.15, 0.2) is 39.2 Å². The quantitative estimate of drug-likeness (QED) is 0.900. The van der Waals surface area contributed by atoms with Crippen molar-refractivity contribution in [1.82, 2.24) is 0 Å². The monoisotopic (exact) mass is 336 g/mol. The van der Waals surface area contributed by atoms with Gasteiger partial charge in [-0.05, 0) is 36.8 Å². The van der Waals surface area contributed by atoms with Crippen molar-refractivity contribution in [3.05, 3.63) is 46.1 Å². The van der Waals surface area contributed by atoms with Crippen molar-refractivity contribution in [2.24, 2.45) is 0 Å². The maximum atomic E-state index is 12.0. The number of hydrogen-bond donors (Lipinski definition) is 2. The number of halogens is 1. The minimum Gasteiger partial charge on any atom is -0.435 e. The molecule has 20 heavy (non-hydrogen) atoms. The molecular formula is C14H13BrN2O3. The molecule has 1 aromatic heterocycles. The van der Waals surface area contributed by atoms with E-state index in [1.54, 1.807) is 6.07 Å². The van der Waals surface area contributed by atoms with Crippen LogP contribution in [0.25, 0.3) is 0 Å². The second-order valence-electron chi connectivity index (χ2n) is 4.26. The first-order valence-electron chi connectivity index (χ1n) is 5.90. The Balaban J connectivity index is 2.09. The van der Waals surface area contributed by atoms with Crippen molar-refractivity contribution < 1.29 is 14.0 Å². The summed E-state index contributed by atoms with van der Waals surface area (Å²) in [4.78, 5) is 22.9. The Morgan fingerprint density at radius 2 is 1.90 bits per heavy atom. The van der Waals surface area contributed by atoms with Gasteiger partial charge >= 0.3 is 0 Å². The molecule has 0 unspecified atom stereocenters.